The van der Waals surface area contributed by atoms with Gasteiger partial charge in [0.2, 0.25) is 5.91 Å². The number of thioether (sulfide) groups is 2. The van der Waals surface area contributed by atoms with Crippen molar-refractivity contribution in [1.82, 2.24) is 9.80 Å². The molecule has 0 bridgehead atoms. The molecule has 130 valence electrons. The molecule has 4 nitrogen and oxygen atoms in total. The van der Waals surface area contributed by atoms with E-state index in [9.17, 15) is 4.79 Å². The van der Waals surface area contributed by atoms with Crippen LogP contribution >= 0.6 is 34.9 Å². The maximum atomic E-state index is 12.1. The summed E-state index contributed by atoms with van der Waals surface area (Å²) in [5.41, 5.74) is 0. The SMILES string of the molecule is CN(C)Cc1ccc(CSCCN2C(=O)CSC2c2cccs2)o1. The summed E-state index contributed by atoms with van der Waals surface area (Å²) in [5, 5.41) is 2.28. The van der Waals surface area contributed by atoms with Gasteiger partial charge >= 0.3 is 0 Å². The fourth-order valence-electron chi connectivity index (χ4n) is 2.60. The van der Waals surface area contributed by atoms with Crippen LogP contribution in [0.2, 0.25) is 0 Å². The Bertz CT molecular complexity index is 655. The second-order valence-electron chi connectivity index (χ2n) is 5.92. The van der Waals surface area contributed by atoms with Crippen molar-refractivity contribution >= 4 is 40.8 Å². The molecular weight excluding hydrogens is 360 g/mol. The smallest absolute Gasteiger partial charge is 0.233 e. The molecule has 24 heavy (non-hydrogen) atoms. The van der Waals surface area contributed by atoms with Gasteiger partial charge in [0.05, 0.1) is 18.1 Å². The Kier molecular flexibility index (Phi) is 6.32. The Morgan fingerprint density at radius 3 is 2.92 bits per heavy atom. The molecule has 3 rings (SSSR count). The summed E-state index contributed by atoms with van der Waals surface area (Å²) in [4.78, 5) is 17.5. The largest absolute Gasteiger partial charge is 0.464 e. The maximum Gasteiger partial charge on any atom is 0.233 e. The zero-order chi connectivity index (χ0) is 16.9. The monoisotopic (exact) mass is 382 g/mol. The molecule has 0 N–H and O–H groups in total. The van der Waals surface area contributed by atoms with Gasteiger partial charge in [-0.3, -0.25) is 4.79 Å². The van der Waals surface area contributed by atoms with Crippen molar-refractivity contribution < 1.29 is 9.21 Å². The van der Waals surface area contributed by atoms with Crippen LogP contribution in [-0.2, 0) is 17.1 Å². The van der Waals surface area contributed by atoms with Crippen LogP contribution in [0.25, 0.3) is 0 Å². The van der Waals surface area contributed by atoms with Crippen molar-refractivity contribution in [3.8, 4) is 0 Å². The molecule has 7 heteroatoms. The van der Waals surface area contributed by atoms with E-state index in [1.54, 1.807) is 23.1 Å². The molecule has 0 spiro atoms. The zero-order valence-electron chi connectivity index (χ0n) is 13.9. The topological polar surface area (TPSA) is 36.7 Å². The van der Waals surface area contributed by atoms with Crippen LogP contribution in [0.5, 0.6) is 0 Å². The molecule has 1 unspecified atom stereocenters. The molecule has 3 heterocycles. The lowest BCUT2D eigenvalue weighted by Crippen LogP contribution is -2.30. The number of thiophene rings is 1. The predicted molar refractivity (Wildman–Crippen MR) is 103 cm³/mol. The van der Waals surface area contributed by atoms with Crippen LogP contribution in [0.4, 0.5) is 0 Å². The normalized spacial score (nSPS) is 18.0. The van der Waals surface area contributed by atoms with E-state index in [1.165, 1.54) is 4.88 Å². The third-order valence-corrected chi connectivity index (χ3v) is 6.94. The summed E-state index contributed by atoms with van der Waals surface area (Å²) in [6.07, 6.45) is 0. The minimum absolute atomic E-state index is 0.202. The van der Waals surface area contributed by atoms with Gasteiger partial charge in [0, 0.05) is 17.2 Å². The van der Waals surface area contributed by atoms with Crippen molar-refractivity contribution in [2.45, 2.75) is 17.7 Å². The van der Waals surface area contributed by atoms with E-state index >= 15 is 0 Å². The van der Waals surface area contributed by atoms with Gasteiger partial charge in [0.1, 0.15) is 16.9 Å². The Morgan fingerprint density at radius 2 is 2.17 bits per heavy atom. The molecule has 1 amide bonds. The van der Waals surface area contributed by atoms with Gasteiger partial charge in [0.25, 0.3) is 0 Å². The average molecular weight is 383 g/mol. The van der Waals surface area contributed by atoms with E-state index in [2.05, 4.69) is 28.5 Å². The fraction of sp³-hybridized carbons (Fsp3) is 0.471. The van der Waals surface area contributed by atoms with Gasteiger partial charge in [-0.15, -0.1) is 23.1 Å². The summed E-state index contributed by atoms with van der Waals surface area (Å²) < 4.78 is 5.82. The quantitative estimate of drug-likeness (QED) is 0.647. The van der Waals surface area contributed by atoms with Crippen LogP contribution in [-0.4, -0.2) is 47.9 Å². The second-order valence-corrected chi connectivity index (χ2v) is 9.08. The molecule has 0 radical (unpaired) electrons. The predicted octanol–water partition coefficient (Wildman–Crippen LogP) is 3.91. The first-order valence-corrected chi connectivity index (χ1v) is 11.0. The highest BCUT2D eigenvalue weighted by Gasteiger charge is 2.32. The zero-order valence-corrected chi connectivity index (χ0v) is 16.4. The van der Waals surface area contributed by atoms with Crippen LogP contribution < -0.4 is 0 Å². The number of carbonyl (C=O) groups excluding carboxylic acids is 1. The summed E-state index contributed by atoms with van der Waals surface area (Å²) in [6.45, 7) is 1.62. The summed E-state index contributed by atoms with van der Waals surface area (Å²) in [5.74, 6) is 4.64. The summed E-state index contributed by atoms with van der Waals surface area (Å²) in [6, 6.07) is 8.27. The lowest BCUT2D eigenvalue weighted by Gasteiger charge is -2.22. The van der Waals surface area contributed by atoms with Crippen molar-refractivity contribution in [3.63, 3.8) is 0 Å². The van der Waals surface area contributed by atoms with Gasteiger partial charge in [-0.05, 0) is 37.7 Å². The summed E-state index contributed by atoms with van der Waals surface area (Å²) >= 11 is 5.28. The number of carbonyl (C=O) groups is 1. The van der Waals surface area contributed by atoms with Gasteiger partial charge in [-0.1, -0.05) is 6.07 Å². The number of hydrogen-bond donors (Lipinski definition) is 0. The standard InChI is InChI=1S/C17H22N2O2S3/c1-18(2)10-13-5-6-14(21-13)11-22-9-7-19-16(20)12-24-17(19)15-4-3-8-23-15/h3-6,8,17H,7,9-12H2,1-2H3. The van der Waals surface area contributed by atoms with Crippen molar-refractivity contribution in [2.75, 3.05) is 32.1 Å². The lowest BCUT2D eigenvalue weighted by molar-refractivity contribution is -0.127. The number of furan rings is 1. The molecule has 1 saturated heterocycles. The van der Waals surface area contributed by atoms with Crippen LogP contribution in [0.15, 0.2) is 34.1 Å². The minimum Gasteiger partial charge on any atom is -0.464 e. The van der Waals surface area contributed by atoms with E-state index in [-0.39, 0.29) is 11.3 Å². The highest BCUT2D eigenvalue weighted by atomic mass is 32.2. The van der Waals surface area contributed by atoms with Crippen molar-refractivity contribution in [2.24, 2.45) is 0 Å². The number of hydrogen-bond acceptors (Lipinski definition) is 6. The molecule has 1 atom stereocenters. The van der Waals surface area contributed by atoms with Gasteiger partial charge in [-0.2, -0.15) is 11.8 Å². The van der Waals surface area contributed by atoms with Crippen molar-refractivity contribution in [1.29, 1.82) is 0 Å². The highest BCUT2D eigenvalue weighted by Crippen LogP contribution is 2.40. The van der Waals surface area contributed by atoms with Crippen LogP contribution in [0.1, 0.15) is 21.8 Å². The Hall–Kier alpha value is -0.890. The number of rotatable bonds is 8. The van der Waals surface area contributed by atoms with Crippen LogP contribution in [0.3, 0.4) is 0 Å². The first-order valence-electron chi connectivity index (χ1n) is 7.88. The van der Waals surface area contributed by atoms with E-state index in [0.29, 0.717) is 5.75 Å². The second kappa shape index (κ2) is 8.47. The number of nitrogens with zero attached hydrogens (tertiary/aromatic N) is 2. The van der Waals surface area contributed by atoms with Gasteiger partial charge in [0.15, 0.2) is 0 Å². The molecule has 1 aliphatic rings. The van der Waals surface area contributed by atoms with Crippen LogP contribution in [0, 0.1) is 0 Å². The average Bonchev–Trinajstić information content (AvgIpc) is 3.25. The highest BCUT2D eigenvalue weighted by molar-refractivity contribution is 8.00. The van der Waals surface area contributed by atoms with E-state index < -0.39 is 0 Å². The minimum atomic E-state index is 0.202. The lowest BCUT2D eigenvalue weighted by atomic mass is 10.4. The Balaban J connectivity index is 1.45. The van der Waals surface area contributed by atoms with E-state index in [0.717, 1.165) is 36.1 Å². The maximum absolute atomic E-state index is 12.1. The Labute approximate surface area is 155 Å². The first kappa shape index (κ1) is 17.9. The van der Waals surface area contributed by atoms with E-state index in [4.69, 9.17) is 4.42 Å². The first-order chi connectivity index (χ1) is 11.6. The van der Waals surface area contributed by atoms with Crippen molar-refractivity contribution in [3.05, 3.63) is 46.0 Å². The molecule has 1 aliphatic heterocycles. The third-order valence-electron chi connectivity index (χ3n) is 3.66. The molecule has 0 saturated carbocycles. The van der Waals surface area contributed by atoms with Gasteiger partial charge in [-0.25, -0.2) is 0 Å². The fourth-order valence-corrected chi connectivity index (χ4v) is 5.62. The van der Waals surface area contributed by atoms with E-state index in [1.807, 2.05) is 36.8 Å². The molecular formula is C17H22N2O2S3. The summed E-state index contributed by atoms with van der Waals surface area (Å²) in [7, 11) is 4.07. The molecule has 0 aliphatic carbocycles. The third kappa shape index (κ3) is 4.59. The molecule has 1 fully saturated rings. The number of amides is 1. The molecule has 0 aromatic carbocycles. The van der Waals surface area contributed by atoms with Gasteiger partial charge < -0.3 is 14.2 Å². The Morgan fingerprint density at radius 1 is 1.33 bits per heavy atom. The molecule has 2 aromatic rings. The molecule has 2 aromatic heterocycles.